The van der Waals surface area contributed by atoms with Crippen molar-refractivity contribution >= 4 is 44.4 Å². The molecule has 8 rings (SSSR count). The van der Waals surface area contributed by atoms with E-state index < -0.39 is 56.4 Å². The summed E-state index contributed by atoms with van der Waals surface area (Å²) in [4.78, 5) is 62.8. The van der Waals surface area contributed by atoms with Crippen LogP contribution in [0.1, 0.15) is 90.9 Å². The van der Waals surface area contributed by atoms with Crippen molar-refractivity contribution in [2.45, 2.75) is 114 Å². The number of nitrogens with one attached hydrogen (secondary N) is 1. The summed E-state index contributed by atoms with van der Waals surface area (Å²) in [5.74, 6) is -2.14. The average molecular weight is 794 g/mol. The Morgan fingerprint density at radius 2 is 1.77 bits per heavy atom. The maximum absolute atomic E-state index is 15.3. The monoisotopic (exact) mass is 793 g/mol. The lowest BCUT2D eigenvalue weighted by molar-refractivity contribution is -0.155. The second-order valence-corrected chi connectivity index (χ2v) is 19.5. The highest BCUT2D eigenvalue weighted by molar-refractivity contribution is 7.90. The third-order valence-electron chi connectivity index (χ3n) is 13.4. The molecule has 12 nitrogen and oxygen atoms in total. The summed E-state index contributed by atoms with van der Waals surface area (Å²) in [7, 11) is -2.50. The quantitative estimate of drug-likeness (QED) is 0.248. The summed E-state index contributed by atoms with van der Waals surface area (Å²) in [5.41, 5.74) is -1.28. The minimum atomic E-state index is -3.87. The molecule has 0 bridgehead atoms. The lowest BCUT2D eigenvalue weighted by Gasteiger charge is -2.32. The highest BCUT2D eigenvalue weighted by Crippen LogP contribution is 2.57. The Bertz CT molecular complexity index is 2040. The van der Waals surface area contributed by atoms with Crippen molar-refractivity contribution in [2.75, 3.05) is 13.7 Å². The summed E-state index contributed by atoms with van der Waals surface area (Å²) in [6.07, 6.45) is 10.5. The van der Waals surface area contributed by atoms with Gasteiger partial charge in [0.2, 0.25) is 27.7 Å². The van der Waals surface area contributed by atoms with Crippen LogP contribution in [0.4, 0.5) is 4.39 Å². The van der Waals surface area contributed by atoms with Crippen LogP contribution in [-0.2, 0) is 33.9 Å². The molecule has 1 aromatic carbocycles. The first-order valence-electron chi connectivity index (χ1n) is 20.3. The Balaban J connectivity index is 1.10. The van der Waals surface area contributed by atoms with Crippen LogP contribution in [0.25, 0.3) is 10.8 Å². The van der Waals surface area contributed by atoms with Gasteiger partial charge in [-0.1, -0.05) is 26.0 Å². The molecule has 0 spiro atoms. The fraction of sp³-hybridized carbons (Fsp3) is 0.643. The summed E-state index contributed by atoms with van der Waals surface area (Å²) in [5, 5.41) is 0.0104. The van der Waals surface area contributed by atoms with Gasteiger partial charge in [0.15, 0.2) is 17.3 Å². The molecule has 2 aliphatic heterocycles. The largest absolute Gasteiger partial charge is 0.494 e. The number of hydrogen-bond acceptors (Lipinski definition) is 10. The van der Waals surface area contributed by atoms with Gasteiger partial charge in [-0.3, -0.25) is 23.9 Å². The van der Waals surface area contributed by atoms with Crippen molar-refractivity contribution in [2.24, 2.45) is 40.9 Å². The molecule has 1 unspecified atom stereocenters. The van der Waals surface area contributed by atoms with Gasteiger partial charge in [-0.2, -0.15) is 0 Å². The van der Waals surface area contributed by atoms with E-state index in [9.17, 15) is 27.6 Å². The molecule has 3 heterocycles. The number of ketones is 1. The van der Waals surface area contributed by atoms with Crippen molar-refractivity contribution in [1.29, 1.82) is 0 Å². The van der Waals surface area contributed by atoms with Gasteiger partial charge in [-0.15, -0.1) is 0 Å². The Kier molecular flexibility index (Phi) is 10.4. The van der Waals surface area contributed by atoms with Gasteiger partial charge in [0.05, 0.1) is 42.7 Å². The smallest absolute Gasteiger partial charge is 0.306 e. The number of allylic oxidation sites excluding steroid dienone is 2. The molecule has 302 valence electrons. The number of benzene rings is 1. The molecular formula is C42H52FN3O9S. The van der Waals surface area contributed by atoms with Crippen LogP contribution in [0.3, 0.4) is 0 Å². The predicted molar refractivity (Wildman–Crippen MR) is 203 cm³/mol. The van der Waals surface area contributed by atoms with E-state index in [0.717, 1.165) is 19.3 Å². The number of aromatic nitrogens is 1. The zero-order valence-corrected chi connectivity index (χ0v) is 33.1. The molecule has 1 N–H and O–H groups in total. The Hall–Kier alpha value is -4.07. The second kappa shape index (κ2) is 15.0. The molecular weight excluding hydrogens is 742 g/mol. The van der Waals surface area contributed by atoms with E-state index in [1.807, 2.05) is 19.1 Å². The summed E-state index contributed by atoms with van der Waals surface area (Å²) in [6.45, 7) is 4.08. The van der Waals surface area contributed by atoms with Crippen LogP contribution >= 0.6 is 0 Å². The van der Waals surface area contributed by atoms with Crippen LogP contribution in [0, 0.1) is 46.7 Å². The Morgan fingerprint density at radius 1 is 1.00 bits per heavy atom. The van der Waals surface area contributed by atoms with Gasteiger partial charge in [0, 0.05) is 29.8 Å². The number of hydrogen-bond donors (Lipinski definition) is 1. The lowest BCUT2D eigenvalue weighted by Crippen LogP contribution is -2.47. The standard InChI is InChI=1S/C42H52FN3O9S/c1-23-6-4-5-7-27-20-42(27,41(50)45-56(51,52)30-8-9-30)21-35(47)34-18-29(55-39-32-10-11-36(53-3)38(43)31(32)12-13-44-39)22-46(34)40(49)33(24(2)14-23)19-37(48)54-28-16-25-15-26(25)17-28/h5,7,10-13,23-30,33-34H,4,6,8-9,14-22H2,1-3H3,(H,45,50)/b7-5-/t23-,24+,25-,26+,27+,28?,29+,33-,34-,42+/m0/s1. The number of fused-ring (bicyclic) bond motifs is 4. The number of Topliss-reactive ketones (excluding diaryl/α,β-unsaturated/α-hetero) is 1. The number of rotatable bonds is 9. The van der Waals surface area contributed by atoms with Crippen LogP contribution in [-0.4, -0.2) is 79.0 Å². The highest BCUT2D eigenvalue weighted by atomic mass is 32.2. The van der Waals surface area contributed by atoms with Crippen LogP contribution in [0.2, 0.25) is 0 Å². The molecule has 4 saturated carbocycles. The summed E-state index contributed by atoms with van der Waals surface area (Å²) >= 11 is 0. The van der Waals surface area contributed by atoms with Crippen molar-refractivity contribution in [3.05, 3.63) is 42.4 Å². The zero-order chi connectivity index (χ0) is 39.5. The van der Waals surface area contributed by atoms with E-state index in [1.165, 1.54) is 36.8 Å². The second-order valence-electron chi connectivity index (χ2n) is 17.5. The number of amides is 2. The molecule has 10 atom stereocenters. The third kappa shape index (κ3) is 7.78. The van der Waals surface area contributed by atoms with E-state index in [1.54, 1.807) is 6.07 Å². The molecule has 1 aromatic heterocycles. The molecule has 4 aliphatic carbocycles. The maximum Gasteiger partial charge on any atom is 0.306 e. The average Bonchev–Trinajstić information content (AvgIpc) is 4.12. The van der Waals surface area contributed by atoms with E-state index in [-0.39, 0.29) is 78.4 Å². The van der Waals surface area contributed by atoms with E-state index >= 15 is 4.39 Å². The van der Waals surface area contributed by atoms with Gasteiger partial charge < -0.3 is 19.1 Å². The number of carbonyl (C=O) groups is 4. The van der Waals surface area contributed by atoms with Gasteiger partial charge in [0.25, 0.3) is 0 Å². The molecule has 2 aromatic rings. The van der Waals surface area contributed by atoms with Crippen molar-refractivity contribution in [1.82, 2.24) is 14.6 Å². The number of pyridine rings is 1. The molecule has 14 heteroatoms. The fourth-order valence-electron chi connectivity index (χ4n) is 9.74. The number of methoxy groups -OCH3 is 1. The van der Waals surface area contributed by atoms with Crippen molar-refractivity contribution in [3.8, 4) is 11.6 Å². The molecule has 56 heavy (non-hydrogen) atoms. The number of halogens is 1. The maximum atomic E-state index is 15.3. The van der Waals surface area contributed by atoms with E-state index in [0.29, 0.717) is 49.3 Å². The summed E-state index contributed by atoms with van der Waals surface area (Å²) < 4.78 is 60.9. The van der Waals surface area contributed by atoms with Crippen molar-refractivity contribution < 1.29 is 46.2 Å². The normalized spacial score (nSPS) is 35.0. The Morgan fingerprint density at radius 3 is 2.50 bits per heavy atom. The third-order valence-corrected chi connectivity index (χ3v) is 15.2. The van der Waals surface area contributed by atoms with Crippen LogP contribution < -0.4 is 14.2 Å². The van der Waals surface area contributed by atoms with Crippen LogP contribution in [0.15, 0.2) is 36.5 Å². The topological polar surface area (TPSA) is 158 Å². The lowest BCUT2D eigenvalue weighted by atomic mass is 9.82. The Labute approximate surface area is 327 Å². The number of carbonyl (C=O) groups excluding carboxylic acids is 4. The first-order chi connectivity index (χ1) is 26.8. The number of ether oxygens (including phenoxy) is 3. The minimum absolute atomic E-state index is 0.00959. The van der Waals surface area contributed by atoms with Crippen LogP contribution in [0.5, 0.6) is 11.6 Å². The summed E-state index contributed by atoms with van der Waals surface area (Å²) in [6, 6.07) is 3.61. The first kappa shape index (κ1) is 38.8. The van der Waals surface area contributed by atoms with E-state index in [4.69, 9.17) is 14.2 Å². The molecule has 6 aliphatic rings. The predicted octanol–water partition coefficient (Wildman–Crippen LogP) is 5.67. The minimum Gasteiger partial charge on any atom is -0.494 e. The molecule has 0 radical (unpaired) electrons. The SMILES string of the molecule is COc1ccc2c(O[C@@H]3C[C@H]4C(=O)C[C@]5(C(=O)NS(=O)(=O)C6CC6)C[C@H]5/C=C\CC[C@H](C)C[C@@H](C)[C@H](CC(=O)OC5C[C@@H]6C[C@@H]6C5)C(=O)N4C3)nccc2c1F. The number of sulfonamides is 1. The van der Waals surface area contributed by atoms with Gasteiger partial charge >= 0.3 is 5.97 Å². The van der Waals surface area contributed by atoms with Crippen molar-refractivity contribution in [3.63, 3.8) is 0 Å². The number of nitrogens with zero attached hydrogens (tertiary/aromatic N) is 2. The zero-order valence-electron chi connectivity index (χ0n) is 32.3. The molecule has 1 saturated heterocycles. The van der Waals surface area contributed by atoms with E-state index in [2.05, 4.69) is 16.6 Å². The number of esters is 1. The van der Waals surface area contributed by atoms with Gasteiger partial charge in [-0.25, -0.2) is 17.8 Å². The van der Waals surface area contributed by atoms with Gasteiger partial charge in [-0.05, 0) is 106 Å². The van der Waals surface area contributed by atoms with Gasteiger partial charge in [0.1, 0.15) is 12.2 Å². The first-order valence-corrected chi connectivity index (χ1v) is 21.8. The fourth-order valence-corrected chi connectivity index (χ4v) is 11.1. The molecule has 5 fully saturated rings. The highest BCUT2D eigenvalue weighted by Gasteiger charge is 2.62. The molecule has 2 amide bonds.